The van der Waals surface area contributed by atoms with E-state index in [0.29, 0.717) is 22.1 Å². The van der Waals surface area contributed by atoms with Crippen molar-refractivity contribution in [3.63, 3.8) is 0 Å². The number of imidazole rings is 1. The van der Waals surface area contributed by atoms with Crippen molar-refractivity contribution in [3.8, 4) is 0 Å². The van der Waals surface area contributed by atoms with Gasteiger partial charge in [0.05, 0.1) is 16.8 Å². The summed E-state index contributed by atoms with van der Waals surface area (Å²) in [7, 11) is -3.79. The fraction of sp³-hybridized carbons (Fsp3) is 0.176. The van der Waals surface area contributed by atoms with Crippen LogP contribution in [0.1, 0.15) is 35.3 Å². The largest absolute Gasteiger partial charge is 0.331 e. The van der Waals surface area contributed by atoms with Crippen molar-refractivity contribution >= 4 is 38.6 Å². The third-order valence-corrected chi connectivity index (χ3v) is 5.69. The van der Waals surface area contributed by atoms with Crippen molar-refractivity contribution in [1.29, 1.82) is 0 Å². The molecule has 7 nitrogen and oxygen atoms in total. The molecule has 3 N–H and O–H groups in total. The van der Waals surface area contributed by atoms with E-state index in [4.69, 9.17) is 0 Å². The first-order chi connectivity index (χ1) is 12.3. The SMILES string of the molecule is CC(C)c1ncc(S(=O)(=O)Nc2cccc(NC(=O)c3cccs3)c2)[nH]1. The van der Waals surface area contributed by atoms with E-state index in [2.05, 4.69) is 20.0 Å². The van der Waals surface area contributed by atoms with Crippen LogP contribution < -0.4 is 10.0 Å². The maximum atomic E-state index is 12.5. The molecular formula is C17H18N4O3S2. The Morgan fingerprint density at radius 1 is 1.19 bits per heavy atom. The van der Waals surface area contributed by atoms with Gasteiger partial charge in [-0.2, -0.15) is 8.42 Å². The molecule has 3 aromatic rings. The van der Waals surface area contributed by atoms with Gasteiger partial charge in [-0.15, -0.1) is 11.3 Å². The average molecular weight is 390 g/mol. The van der Waals surface area contributed by atoms with Gasteiger partial charge in [-0.3, -0.25) is 9.52 Å². The predicted molar refractivity (Wildman–Crippen MR) is 102 cm³/mol. The number of H-pyrrole nitrogens is 1. The highest BCUT2D eigenvalue weighted by Crippen LogP contribution is 2.21. The molecule has 0 aliphatic carbocycles. The molecule has 0 radical (unpaired) electrons. The number of benzene rings is 1. The van der Waals surface area contributed by atoms with Crippen molar-refractivity contribution in [2.75, 3.05) is 10.0 Å². The number of hydrogen-bond acceptors (Lipinski definition) is 5. The highest BCUT2D eigenvalue weighted by Gasteiger charge is 2.18. The molecule has 0 atom stereocenters. The number of sulfonamides is 1. The number of carbonyl (C=O) groups is 1. The van der Waals surface area contributed by atoms with Crippen LogP contribution in [0.4, 0.5) is 11.4 Å². The maximum absolute atomic E-state index is 12.5. The van der Waals surface area contributed by atoms with Crippen LogP contribution in [0.15, 0.2) is 53.0 Å². The number of aromatic nitrogens is 2. The lowest BCUT2D eigenvalue weighted by Crippen LogP contribution is -2.14. The highest BCUT2D eigenvalue weighted by atomic mass is 32.2. The van der Waals surface area contributed by atoms with Gasteiger partial charge < -0.3 is 10.3 Å². The van der Waals surface area contributed by atoms with Gasteiger partial charge in [0, 0.05) is 11.6 Å². The first kappa shape index (κ1) is 18.2. The topological polar surface area (TPSA) is 104 Å². The van der Waals surface area contributed by atoms with Crippen LogP contribution in [-0.2, 0) is 10.0 Å². The first-order valence-electron chi connectivity index (χ1n) is 7.88. The molecule has 0 saturated carbocycles. The zero-order valence-corrected chi connectivity index (χ0v) is 15.8. The molecule has 0 saturated heterocycles. The van der Waals surface area contributed by atoms with Crippen LogP contribution in [-0.4, -0.2) is 24.3 Å². The summed E-state index contributed by atoms with van der Waals surface area (Å²) in [6.45, 7) is 3.84. The van der Waals surface area contributed by atoms with Crippen molar-refractivity contribution in [1.82, 2.24) is 9.97 Å². The molecular weight excluding hydrogens is 372 g/mol. The molecule has 26 heavy (non-hydrogen) atoms. The Balaban J connectivity index is 1.76. The molecule has 3 rings (SSSR count). The van der Waals surface area contributed by atoms with Gasteiger partial charge in [0.15, 0.2) is 5.03 Å². The van der Waals surface area contributed by atoms with E-state index >= 15 is 0 Å². The summed E-state index contributed by atoms with van der Waals surface area (Å²) in [6, 6.07) is 10.0. The van der Waals surface area contributed by atoms with Crippen molar-refractivity contribution in [2.45, 2.75) is 24.8 Å². The van der Waals surface area contributed by atoms with Crippen molar-refractivity contribution in [3.05, 3.63) is 58.7 Å². The molecule has 0 aliphatic heterocycles. The Morgan fingerprint density at radius 2 is 1.96 bits per heavy atom. The van der Waals surface area contributed by atoms with Crippen LogP contribution in [0, 0.1) is 0 Å². The van der Waals surface area contributed by atoms with Gasteiger partial charge >= 0.3 is 0 Å². The molecule has 9 heteroatoms. The Labute approximate surface area is 155 Å². The molecule has 0 aliphatic rings. The number of thiophene rings is 1. The number of nitrogens with one attached hydrogen (secondary N) is 3. The van der Waals surface area contributed by atoms with Gasteiger partial charge in [-0.1, -0.05) is 26.0 Å². The lowest BCUT2D eigenvalue weighted by Gasteiger charge is -2.09. The Kier molecular flexibility index (Phi) is 5.10. The van der Waals surface area contributed by atoms with Gasteiger partial charge in [0.2, 0.25) is 0 Å². The predicted octanol–water partition coefficient (Wildman–Crippen LogP) is 3.65. The van der Waals surface area contributed by atoms with Crippen LogP contribution in [0.25, 0.3) is 0 Å². The standard InChI is InChI=1S/C17H18N4O3S2/c1-11(2)16-18-10-15(20-16)26(23,24)21-13-6-3-5-12(9-13)19-17(22)14-7-4-8-25-14/h3-11,21H,1-2H3,(H,18,20)(H,19,22). The Hall–Kier alpha value is -2.65. The fourth-order valence-electron chi connectivity index (χ4n) is 2.22. The van der Waals surface area contributed by atoms with E-state index in [1.807, 2.05) is 19.2 Å². The number of anilines is 2. The summed E-state index contributed by atoms with van der Waals surface area (Å²) in [5.41, 5.74) is 0.839. The minimum Gasteiger partial charge on any atom is -0.331 e. The number of hydrogen-bond donors (Lipinski definition) is 3. The average Bonchev–Trinajstić information content (AvgIpc) is 3.27. The first-order valence-corrected chi connectivity index (χ1v) is 10.2. The normalized spacial score (nSPS) is 11.5. The smallest absolute Gasteiger partial charge is 0.278 e. The Bertz CT molecular complexity index is 1010. The second kappa shape index (κ2) is 7.30. The highest BCUT2D eigenvalue weighted by molar-refractivity contribution is 7.92. The monoisotopic (exact) mass is 390 g/mol. The third kappa shape index (κ3) is 4.12. The van der Waals surface area contributed by atoms with Gasteiger partial charge in [-0.05, 0) is 29.6 Å². The summed E-state index contributed by atoms with van der Waals surface area (Å²) >= 11 is 1.33. The summed E-state index contributed by atoms with van der Waals surface area (Å²) < 4.78 is 27.5. The van der Waals surface area contributed by atoms with Crippen molar-refractivity contribution in [2.24, 2.45) is 0 Å². The van der Waals surface area contributed by atoms with Gasteiger partial charge in [0.25, 0.3) is 15.9 Å². The number of aromatic amines is 1. The minimum atomic E-state index is -3.79. The number of carbonyl (C=O) groups excluding carboxylic acids is 1. The van der Waals surface area contributed by atoms with E-state index in [1.165, 1.54) is 17.5 Å². The molecule has 1 aromatic carbocycles. The maximum Gasteiger partial charge on any atom is 0.278 e. The van der Waals surface area contributed by atoms with Crippen LogP contribution in [0.5, 0.6) is 0 Å². The molecule has 0 unspecified atom stereocenters. The molecule has 0 spiro atoms. The van der Waals surface area contributed by atoms with Crippen LogP contribution >= 0.6 is 11.3 Å². The quantitative estimate of drug-likeness (QED) is 0.597. The summed E-state index contributed by atoms with van der Waals surface area (Å²) in [4.78, 5) is 19.6. The minimum absolute atomic E-state index is 0.00535. The number of nitrogens with zero attached hydrogens (tertiary/aromatic N) is 1. The zero-order valence-electron chi connectivity index (χ0n) is 14.2. The molecule has 2 aromatic heterocycles. The molecule has 2 heterocycles. The van der Waals surface area contributed by atoms with Gasteiger partial charge in [0.1, 0.15) is 5.82 Å². The van der Waals surface area contributed by atoms with E-state index in [1.54, 1.807) is 36.4 Å². The van der Waals surface area contributed by atoms with E-state index < -0.39 is 10.0 Å². The van der Waals surface area contributed by atoms with E-state index in [-0.39, 0.29) is 16.9 Å². The molecule has 0 fully saturated rings. The summed E-state index contributed by atoms with van der Waals surface area (Å²) in [5.74, 6) is 0.451. The third-order valence-electron chi connectivity index (χ3n) is 3.53. The van der Waals surface area contributed by atoms with E-state index in [0.717, 1.165) is 0 Å². The van der Waals surface area contributed by atoms with Crippen molar-refractivity contribution < 1.29 is 13.2 Å². The lowest BCUT2D eigenvalue weighted by atomic mass is 10.2. The summed E-state index contributed by atoms with van der Waals surface area (Å²) in [5, 5.41) is 4.56. The van der Waals surface area contributed by atoms with Crippen LogP contribution in [0.2, 0.25) is 0 Å². The molecule has 1 amide bonds. The van der Waals surface area contributed by atoms with Gasteiger partial charge in [-0.25, -0.2) is 4.98 Å². The lowest BCUT2D eigenvalue weighted by molar-refractivity contribution is 0.103. The molecule has 0 bridgehead atoms. The Morgan fingerprint density at radius 3 is 2.62 bits per heavy atom. The molecule has 136 valence electrons. The van der Waals surface area contributed by atoms with E-state index in [9.17, 15) is 13.2 Å². The van der Waals surface area contributed by atoms with Crippen LogP contribution in [0.3, 0.4) is 0 Å². The summed E-state index contributed by atoms with van der Waals surface area (Å²) in [6.07, 6.45) is 1.29. The number of amides is 1. The number of rotatable bonds is 6. The second-order valence-corrected chi connectivity index (χ2v) is 8.50. The second-order valence-electron chi connectivity index (χ2n) is 5.91. The fourth-order valence-corrected chi connectivity index (χ4v) is 3.82. The zero-order chi connectivity index (χ0) is 18.7.